The van der Waals surface area contributed by atoms with E-state index in [-0.39, 0.29) is 5.91 Å². The quantitative estimate of drug-likeness (QED) is 0.914. The van der Waals surface area contributed by atoms with Gasteiger partial charge in [-0.15, -0.1) is 0 Å². The second kappa shape index (κ2) is 6.09. The van der Waals surface area contributed by atoms with Crippen molar-refractivity contribution < 1.29 is 9.18 Å². The van der Waals surface area contributed by atoms with E-state index >= 15 is 0 Å². The SMILES string of the molecule is CCn1cccc1C(=O)N[C@H](C)c1c(F)cccc1Cl. The summed E-state index contributed by atoms with van der Waals surface area (Å²) in [5, 5.41) is 3.08. The molecular weight excluding hydrogens is 279 g/mol. The number of aromatic nitrogens is 1. The van der Waals surface area contributed by atoms with Crippen LogP contribution in [0.15, 0.2) is 36.5 Å². The van der Waals surface area contributed by atoms with E-state index in [1.165, 1.54) is 12.1 Å². The number of carbonyl (C=O) groups is 1. The molecule has 1 N–H and O–H groups in total. The zero-order valence-corrected chi connectivity index (χ0v) is 12.1. The van der Waals surface area contributed by atoms with Crippen LogP contribution in [-0.2, 0) is 6.54 Å². The second-order valence-electron chi connectivity index (χ2n) is 4.51. The van der Waals surface area contributed by atoms with Crippen molar-refractivity contribution in [3.8, 4) is 0 Å². The van der Waals surface area contributed by atoms with Crippen molar-refractivity contribution in [2.24, 2.45) is 0 Å². The van der Waals surface area contributed by atoms with Crippen LogP contribution in [-0.4, -0.2) is 10.5 Å². The molecule has 1 atom stereocenters. The molecule has 20 heavy (non-hydrogen) atoms. The maximum absolute atomic E-state index is 13.8. The summed E-state index contributed by atoms with van der Waals surface area (Å²) >= 11 is 5.99. The van der Waals surface area contributed by atoms with Crippen LogP contribution in [0.5, 0.6) is 0 Å². The molecule has 0 unspecified atom stereocenters. The predicted molar refractivity (Wildman–Crippen MR) is 77.4 cm³/mol. The average molecular weight is 295 g/mol. The first-order valence-corrected chi connectivity index (χ1v) is 6.82. The Morgan fingerprint density at radius 1 is 1.40 bits per heavy atom. The van der Waals surface area contributed by atoms with E-state index in [0.717, 1.165) is 0 Å². The van der Waals surface area contributed by atoms with Crippen molar-refractivity contribution in [1.82, 2.24) is 9.88 Å². The fraction of sp³-hybridized carbons (Fsp3) is 0.267. The molecule has 5 heteroatoms. The van der Waals surface area contributed by atoms with Gasteiger partial charge in [-0.25, -0.2) is 4.39 Å². The summed E-state index contributed by atoms with van der Waals surface area (Å²) in [6.07, 6.45) is 1.83. The Hall–Kier alpha value is -1.81. The van der Waals surface area contributed by atoms with Gasteiger partial charge in [0.15, 0.2) is 0 Å². The topological polar surface area (TPSA) is 34.0 Å². The molecule has 0 radical (unpaired) electrons. The van der Waals surface area contributed by atoms with Crippen molar-refractivity contribution >= 4 is 17.5 Å². The number of aryl methyl sites for hydroxylation is 1. The molecular formula is C15H16ClFN2O. The van der Waals surface area contributed by atoms with Crippen LogP contribution >= 0.6 is 11.6 Å². The van der Waals surface area contributed by atoms with Gasteiger partial charge in [-0.3, -0.25) is 4.79 Å². The van der Waals surface area contributed by atoms with E-state index in [9.17, 15) is 9.18 Å². The molecule has 1 heterocycles. The van der Waals surface area contributed by atoms with Gasteiger partial charge in [-0.05, 0) is 38.1 Å². The number of halogens is 2. The monoisotopic (exact) mass is 294 g/mol. The summed E-state index contributed by atoms with van der Waals surface area (Å²) in [7, 11) is 0. The van der Waals surface area contributed by atoms with E-state index in [0.29, 0.717) is 22.8 Å². The number of benzene rings is 1. The Labute approximate surface area is 122 Å². The van der Waals surface area contributed by atoms with Crippen molar-refractivity contribution in [3.05, 3.63) is 58.6 Å². The van der Waals surface area contributed by atoms with Gasteiger partial charge in [0.1, 0.15) is 11.5 Å². The maximum Gasteiger partial charge on any atom is 0.268 e. The Morgan fingerprint density at radius 3 is 2.80 bits per heavy atom. The minimum Gasteiger partial charge on any atom is -0.344 e. The fourth-order valence-electron chi connectivity index (χ4n) is 2.16. The van der Waals surface area contributed by atoms with E-state index < -0.39 is 11.9 Å². The third-order valence-electron chi connectivity index (χ3n) is 3.18. The summed E-state index contributed by atoms with van der Waals surface area (Å²) < 4.78 is 15.6. The number of hydrogen-bond donors (Lipinski definition) is 1. The van der Waals surface area contributed by atoms with Gasteiger partial charge < -0.3 is 9.88 Å². The first-order chi connectivity index (χ1) is 9.54. The highest BCUT2D eigenvalue weighted by molar-refractivity contribution is 6.31. The van der Waals surface area contributed by atoms with Crippen LogP contribution in [0.2, 0.25) is 5.02 Å². The number of amides is 1. The number of hydrogen-bond acceptors (Lipinski definition) is 1. The molecule has 0 spiro atoms. The normalized spacial score (nSPS) is 12.2. The summed E-state index contributed by atoms with van der Waals surface area (Å²) in [5.41, 5.74) is 0.851. The van der Waals surface area contributed by atoms with Gasteiger partial charge >= 0.3 is 0 Å². The summed E-state index contributed by atoms with van der Waals surface area (Å²) in [6, 6.07) is 7.51. The van der Waals surface area contributed by atoms with Gasteiger partial charge in [0.2, 0.25) is 0 Å². The molecule has 0 fully saturated rings. The predicted octanol–water partition coefficient (Wildman–Crippen LogP) is 3.79. The zero-order valence-electron chi connectivity index (χ0n) is 11.4. The van der Waals surface area contributed by atoms with E-state index in [2.05, 4.69) is 5.32 Å². The highest BCUT2D eigenvalue weighted by Gasteiger charge is 2.18. The highest BCUT2D eigenvalue weighted by Crippen LogP contribution is 2.25. The maximum atomic E-state index is 13.8. The van der Waals surface area contributed by atoms with Gasteiger partial charge in [0, 0.05) is 23.3 Å². The Morgan fingerprint density at radius 2 is 2.15 bits per heavy atom. The fourth-order valence-corrected chi connectivity index (χ4v) is 2.49. The number of nitrogens with zero attached hydrogens (tertiary/aromatic N) is 1. The molecule has 0 aliphatic heterocycles. The molecule has 2 rings (SSSR count). The van der Waals surface area contributed by atoms with Gasteiger partial charge in [0.05, 0.1) is 6.04 Å². The molecule has 0 saturated heterocycles. The Balaban J connectivity index is 2.20. The standard InChI is InChI=1S/C15H16ClFN2O/c1-3-19-9-5-8-13(19)15(20)18-10(2)14-11(16)6-4-7-12(14)17/h4-10H,3H2,1-2H3,(H,18,20)/t10-/m1/s1. The molecule has 1 aromatic heterocycles. The van der Waals surface area contributed by atoms with Crippen molar-refractivity contribution in [3.63, 3.8) is 0 Å². The highest BCUT2D eigenvalue weighted by atomic mass is 35.5. The second-order valence-corrected chi connectivity index (χ2v) is 4.92. The van der Waals surface area contributed by atoms with Gasteiger partial charge in [0.25, 0.3) is 5.91 Å². The van der Waals surface area contributed by atoms with Crippen molar-refractivity contribution in [2.75, 3.05) is 0 Å². The van der Waals surface area contributed by atoms with Crippen LogP contribution in [0.4, 0.5) is 4.39 Å². The first-order valence-electron chi connectivity index (χ1n) is 6.44. The van der Waals surface area contributed by atoms with Crippen molar-refractivity contribution in [2.45, 2.75) is 26.4 Å². The zero-order chi connectivity index (χ0) is 14.7. The van der Waals surface area contributed by atoms with E-state index in [1.54, 1.807) is 25.1 Å². The van der Waals surface area contributed by atoms with Crippen LogP contribution < -0.4 is 5.32 Å². The van der Waals surface area contributed by atoms with Gasteiger partial charge in [-0.2, -0.15) is 0 Å². The lowest BCUT2D eigenvalue weighted by atomic mass is 10.1. The van der Waals surface area contributed by atoms with Crippen LogP contribution in [0.25, 0.3) is 0 Å². The molecule has 0 bridgehead atoms. The summed E-state index contributed by atoms with van der Waals surface area (Å²) in [5.74, 6) is -0.667. The molecule has 0 aliphatic rings. The Kier molecular flexibility index (Phi) is 4.45. The first kappa shape index (κ1) is 14.6. The molecule has 0 aliphatic carbocycles. The van der Waals surface area contributed by atoms with E-state index in [4.69, 9.17) is 11.6 Å². The lowest BCUT2D eigenvalue weighted by Crippen LogP contribution is -2.29. The molecule has 0 saturated carbocycles. The van der Waals surface area contributed by atoms with Crippen LogP contribution in [0, 0.1) is 5.82 Å². The number of rotatable bonds is 4. The smallest absolute Gasteiger partial charge is 0.268 e. The molecule has 106 valence electrons. The summed E-state index contributed by atoms with van der Waals surface area (Å²) in [4.78, 5) is 12.2. The minimum atomic E-state index is -0.503. The van der Waals surface area contributed by atoms with Gasteiger partial charge in [-0.1, -0.05) is 17.7 Å². The summed E-state index contributed by atoms with van der Waals surface area (Å²) in [6.45, 7) is 4.36. The minimum absolute atomic E-state index is 0.247. The average Bonchev–Trinajstić information content (AvgIpc) is 2.86. The van der Waals surface area contributed by atoms with Crippen LogP contribution in [0.1, 0.15) is 35.9 Å². The Bertz CT molecular complexity index is 604. The molecule has 1 amide bonds. The molecule has 1 aromatic carbocycles. The number of carbonyl (C=O) groups excluding carboxylic acids is 1. The third kappa shape index (κ3) is 2.85. The molecule has 3 nitrogen and oxygen atoms in total. The third-order valence-corrected chi connectivity index (χ3v) is 3.51. The number of nitrogens with one attached hydrogen (secondary N) is 1. The van der Waals surface area contributed by atoms with Crippen LogP contribution in [0.3, 0.4) is 0 Å². The lowest BCUT2D eigenvalue weighted by molar-refractivity contribution is 0.0930. The molecule has 2 aromatic rings. The lowest BCUT2D eigenvalue weighted by Gasteiger charge is -2.17. The van der Waals surface area contributed by atoms with Crippen molar-refractivity contribution in [1.29, 1.82) is 0 Å². The largest absolute Gasteiger partial charge is 0.344 e. The van der Waals surface area contributed by atoms with E-state index in [1.807, 2.05) is 17.7 Å².